The molecule has 4 N–H and O–H groups in total. The van der Waals surface area contributed by atoms with Gasteiger partial charge in [-0.3, -0.25) is 4.99 Å². The fourth-order valence-electron chi connectivity index (χ4n) is 2.33. The summed E-state index contributed by atoms with van der Waals surface area (Å²) in [4.78, 5) is 6.25. The highest BCUT2D eigenvalue weighted by molar-refractivity contribution is 8.14. The predicted octanol–water partition coefficient (Wildman–Crippen LogP) is -2.43. The molecular formula is C10H16N2O5S. The zero-order valence-corrected chi connectivity index (χ0v) is 10.4. The monoisotopic (exact) mass is 276 g/mol. The van der Waals surface area contributed by atoms with Crippen LogP contribution in [0.1, 0.15) is 0 Å². The lowest BCUT2D eigenvalue weighted by Crippen LogP contribution is -2.55. The third-order valence-electron chi connectivity index (χ3n) is 3.46. The van der Waals surface area contributed by atoms with Crippen LogP contribution in [0.2, 0.25) is 0 Å². The molecule has 0 aromatic rings. The number of fused-ring (bicyclic) bond motifs is 1. The van der Waals surface area contributed by atoms with E-state index >= 15 is 0 Å². The van der Waals surface area contributed by atoms with Gasteiger partial charge >= 0.3 is 0 Å². The van der Waals surface area contributed by atoms with E-state index in [1.54, 1.807) is 0 Å². The van der Waals surface area contributed by atoms with E-state index in [-0.39, 0.29) is 18.1 Å². The maximum absolute atomic E-state index is 9.96. The van der Waals surface area contributed by atoms with Crippen LogP contribution >= 0.6 is 11.8 Å². The molecule has 5 atom stereocenters. The highest BCUT2D eigenvalue weighted by Gasteiger charge is 2.49. The molecule has 3 rings (SSSR count). The maximum atomic E-state index is 9.96. The number of ether oxygens (including phenoxy) is 1. The van der Waals surface area contributed by atoms with Gasteiger partial charge < -0.3 is 30.1 Å². The molecule has 0 spiro atoms. The molecule has 7 nitrogen and oxygen atoms in total. The van der Waals surface area contributed by atoms with Crippen molar-refractivity contribution in [3.63, 3.8) is 0 Å². The zero-order valence-electron chi connectivity index (χ0n) is 9.59. The lowest BCUT2D eigenvalue weighted by atomic mass is 9.99. The number of aliphatic hydroxyl groups excluding tert-OH is 4. The van der Waals surface area contributed by atoms with Crippen molar-refractivity contribution in [2.75, 3.05) is 19.7 Å². The first-order chi connectivity index (χ1) is 8.60. The SMILES string of the molecule is OC[C@H]1O[C@@H]2SC(N3CC(O)C3)=N[C@@H]2[C@@H](O)C1O. The minimum absolute atomic E-state index is 0.322. The maximum Gasteiger partial charge on any atom is 0.162 e. The molecule has 1 unspecified atom stereocenters. The van der Waals surface area contributed by atoms with E-state index in [4.69, 9.17) is 9.84 Å². The van der Waals surface area contributed by atoms with Crippen molar-refractivity contribution in [3.05, 3.63) is 0 Å². The summed E-state index contributed by atoms with van der Waals surface area (Å²) in [6, 6.07) is -0.513. The number of likely N-dealkylation sites (tertiary alicyclic amines) is 1. The van der Waals surface area contributed by atoms with Crippen LogP contribution in [0.4, 0.5) is 0 Å². The largest absolute Gasteiger partial charge is 0.394 e. The molecule has 3 heterocycles. The molecule has 0 saturated carbocycles. The highest BCUT2D eigenvalue weighted by Crippen LogP contribution is 2.38. The number of aliphatic hydroxyl groups is 4. The Hall–Kier alpha value is -0.380. The van der Waals surface area contributed by atoms with Crippen LogP contribution in [0.25, 0.3) is 0 Å². The molecule has 0 aliphatic carbocycles. The van der Waals surface area contributed by atoms with Crippen molar-refractivity contribution in [2.45, 2.75) is 35.9 Å². The number of hydrogen-bond donors (Lipinski definition) is 4. The van der Waals surface area contributed by atoms with Crippen molar-refractivity contribution in [3.8, 4) is 0 Å². The van der Waals surface area contributed by atoms with Crippen LogP contribution in [-0.2, 0) is 4.74 Å². The van der Waals surface area contributed by atoms with E-state index in [1.807, 2.05) is 4.90 Å². The standard InChI is InChI=1S/C10H16N2O5S/c13-3-5-7(15)8(16)6-9(17-5)18-10(11-6)12-1-4(14)2-12/h4-9,13-16H,1-3H2/t5-,6-,7?,8-,9-/m1/s1. The van der Waals surface area contributed by atoms with Crippen molar-refractivity contribution < 1.29 is 25.2 Å². The van der Waals surface area contributed by atoms with Gasteiger partial charge in [0.05, 0.1) is 12.7 Å². The molecule has 102 valence electrons. The van der Waals surface area contributed by atoms with Gasteiger partial charge in [-0.05, 0) is 0 Å². The van der Waals surface area contributed by atoms with Gasteiger partial charge in [0, 0.05) is 13.1 Å². The van der Waals surface area contributed by atoms with Gasteiger partial charge in [0.15, 0.2) is 5.17 Å². The molecular weight excluding hydrogens is 260 g/mol. The lowest BCUT2D eigenvalue weighted by Gasteiger charge is -2.38. The Bertz CT molecular complexity index is 362. The Balaban J connectivity index is 1.71. The first-order valence-corrected chi connectivity index (χ1v) is 6.78. The van der Waals surface area contributed by atoms with E-state index in [0.717, 1.165) is 5.17 Å². The molecule has 0 bridgehead atoms. The van der Waals surface area contributed by atoms with Crippen LogP contribution in [0.3, 0.4) is 0 Å². The van der Waals surface area contributed by atoms with Crippen molar-refractivity contribution in [1.29, 1.82) is 0 Å². The summed E-state index contributed by atoms with van der Waals surface area (Å²) < 4.78 is 5.52. The Morgan fingerprint density at radius 3 is 2.61 bits per heavy atom. The van der Waals surface area contributed by atoms with Crippen LogP contribution in [0.5, 0.6) is 0 Å². The molecule has 0 amide bonds. The summed E-state index contributed by atoms with van der Waals surface area (Å²) in [6.45, 7) is 0.737. The van der Waals surface area contributed by atoms with E-state index in [0.29, 0.717) is 13.1 Å². The first-order valence-electron chi connectivity index (χ1n) is 5.90. The summed E-state index contributed by atoms with van der Waals surface area (Å²) in [5.74, 6) is 0. The number of nitrogens with zero attached hydrogens (tertiary/aromatic N) is 2. The Labute approximate surface area is 108 Å². The number of thioether (sulfide) groups is 1. The van der Waals surface area contributed by atoms with Gasteiger partial charge in [0.1, 0.15) is 29.8 Å². The number of amidine groups is 1. The van der Waals surface area contributed by atoms with Crippen LogP contribution < -0.4 is 0 Å². The van der Waals surface area contributed by atoms with E-state index in [1.165, 1.54) is 11.8 Å². The third-order valence-corrected chi connectivity index (χ3v) is 4.66. The normalized spacial score (nSPS) is 44.6. The Kier molecular flexibility index (Phi) is 3.25. The summed E-state index contributed by atoms with van der Waals surface area (Å²) in [5, 5.41) is 38.8. The minimum Gasteiger partial charge on any atom is -0.394 e. The van der Waals surface area contributed by atoms with E-state index in [9.17, 15) is 15.3 Å². The van der Waals surface area contributed by atoms with Crippen LogP contribution in [-0.4, -0.2) is 86.1 Å². The second-order valence-corrected chi connectivity index (χ2v) is 5.85. The second-order valence-electron chi connectivity index (χ2n) is 4.79. The summed E-state index contributed by atoms with van der Waals surface area (Å²) in [6.07, 6.45) is -3.25. The van der Waals surface area contributed by atoms with Crippen LogP contribution in [0, 0.1) is 0 Å². The van der Waals surface area contributed by atoms with Crippen molar-refractivity contribution in [1.82, 2.24) is 4.90 Å². The first kappa shape index (κ1) is 12.6. The smallest absolute Gasteiger partial charge is 0.162 e. The molecule has 0 aromatic heterocycles. The van der Waals surface area contributed by atoms with Crippen molar-refractivity contribution in [2.24, 2.45) is 4.99 Å². The van der Waals surface area contributed by atoms with Crippen LogP contribution in [0.15, 0.2) is 4.99 Å². The van der Waals surface area contributed by atoms with Gasteiger partial charge in [0.2, 0.25) is 0 Å². The lowest BCUT2D eigenvalue weighted by molar-refractivity contribution is -0.164. The molecule has 0 radical (unpaired) electrons. The van der Waals surface area contributed by atoms with E-state index in [2.05, 4.69) is 4.99 Å². The summed E-state index contributed by atoms with van der Waals surface area (Å²) >= 11 is 1.37. The molecule has 0 aromatic carbocycles. The molecule has 3 aliphatic heterocycles. The van der Waals surface area contributed by atoms with Gasteiger partial charge in [-0.15, -0.1) is 0 Å². The molecule has 18 heavy (non-hydrogen) atoms. The molecule has 2 fully saturated rings. The fraction of sp³-hybridized carbons (Fsp3) is 0.900. The average molecular weight is 276 g/mol. The predicted molar refractivity (Wildman–Crippen MR) is 64.2 cm³/mol. The van der Waals surface area contributed by atoms with Gasteiger partial charge in [-0.1, -0.05) is 11.8 Å². The Morgan fingerprint density at radius 1 is 1.28 bits per heavy atom. The van der Waals surface area contributed by atoms with Gasteiger partial charge in [-0.25, -0.2) is 0 Å². The van der Waals surface area contributed by atoms with Crippen molar-refractivity contribution >= 4 is 16.9 Å². The second kappa shape index (κ2) is 4.62. The summed E-state index contributed by atoms with van der Waals surface area (Å²) in [5.41, 5.74) is -0.381. The number of rotatable bonds is 1. The number of hydrogen-bond acceptors (Lipinski definition) is 8. The summed E-state index contributed by atoms with van der Waals surface area (Å²) in [7, 11) is 0. The molecule has 8 heteroatoms. The Morgan fingerprint density at radius 2 is 2.00 bits per heavy atom. The minimum atomic E-state index is -1.12. The highest BCUT2D eigenvalue weighted by atomic mass is 32.2. The van der Waals surface area contributed by atoms with Gasteiger partial charge in [0.25, 0.3) is 0 Å². The van der Waals surface area contributed by atoms with Gasteiger partial charge in [-0.2, -0.15) is 0 Å². The number of aliphatic imine (C=N–C) groups is 1. The quantitative estimate of drug-likeness (QED) is 0.422. The molecule has 3 aliphatic rings. The third kappa shape index (κ3) is 1.93. The zero-order chi connectivity index (χ0) is 12.9. The molecule has 2 saturated heterocycles. The number of β-amino-alcohol motifs (C(OH)–C–C–N with tert-alkyl or cyclic N) is 1. The average Bonchev–Trinajstić information content (AvgIpc) is 2.73. The topological polar surface area (TPSA) is 106 Å². The fourth-order valence-corrected chi connectivity index (χ4v) is 3.58. The van der Waals surface area contributed by atoms with E-state index < -0.39 is 24.4 Å².